The summed E-state index contributed by atoms with van der Waals surface area (Å²) in [6.45, 7) is 0. The lowest BCUT2D eigenvalue weighted by atomic mass is 10.1. The summed E-state index contributed by atoms with van der Waals surface area (Å²) in [5, 5.41) is 0. The van der Waals surface area contributed by atoms with Crippen molar-refractivity contribution >= 4 is 17.3 Å². The van der Waals surface area contributed by atoms with Crippen LogP contribution < -0.4 is 0 Å². The Morgan fingerprint density at radius 2 is 1.83 bits per heavy atom. The lowest BCUT2D eigenvalue weighted by Gasteiger charge is -2.01. The van der Waals surface area contributed by atoms with Crippen molar-refractivity contribution in [1.29, 1.82) is 0 Å². The first-order chi connectivity index (χ1) is 8.61. The smallest absolute Gasteiger partial charge is 0.337 e. The maximum atomic E-state index is 12.5. The summed E-state index contributed by atoms with van der Waals surface area (Å²) in [6, 6.07) is 9.73. The van der Waals surface area contributed by atoms with Crippen molar-refractivity contribution in [3.8, 4) is 10.4 Å². The van der Waals surface area contributed by atoms with Gasteiger partial charge in [-0.05, 0) is 29.8 Å². The fraction of sp³-hybridized carbons (Fsp3) is 0.154. The minimum atomic E-state index is -2.45. The Kier molecular flexibility index (Phi) is 3.72. The largest absolute Gasteiger partial charge is 0.465 e. The number of carbonyl (C=O) groups is 1. The average molecular weight is 268 g/mol. The van der Waals surface area contributed by atoms with Gasteiger partial charge in [0.05, 0.1) is 17.6 Å². The van der Waals surface area contributed by atoms with Crippen LogP contribution in [-0.2, 0) is 4.74 Å². The van der Waals surface area contributed by atoms with Gasteiger partial charge in [0.1, 0.15) is 0 Å². The quantitative estimate of drug-likeness (QED) is 0.782. The number of methoxy groups -OCH3 is 1. The Labute approximate surface area is 107 Å². The molecule has 0 saturated carbocycles. The third-order valence-corrected chi connectivity index (χ3v) is 3.57. The number of hydrogen-bond acceptors (Lipinski definition) is 3. The van der Waals surface area contributed by atoms with Crippen LogP contribution in [0.3, 0.4) is 0 Å². The van der Waals surface area contributed by atoms with E-state index in [1.807, 2.05) is 0 Å². The lowest BCUT2D eigenvalue weighted by molar-refractivity contribution is 0.0600. The van der Waals surface area contributed by atoms with Crippen LogP contribution in [0.15, 0.2) is 36.4 Å². The number of benzene rings is 1. The number of alkyl halides is 2. The first-order valence-corrected chi connectivity index (χ1v) is 6.00. The molecule has 0 aliphatic rings. The summed E-state index contributed by atoms with van der Waals surface area (Å²) in [5.41, 5.74) is 1.24. The Bertz CT molecular complexity index is 546. The maximum absolute atomic E-state index is 12.5. The molecule has 0 N–H and O–H groups in total. The number of hydrogen-bond donors (Lipinski definition) is 0. The van der Waals surface area contributed by atoms with Crippen LogP contribution in [0.2, 0.25) is 0 Å². The molecule has 0 spiro atoms. The zero-order valence-corrected chi connectivity index (χ0v) is 10.3. The number of carbonyl (C=O) groups excluding carboxylic acids is 1. The minimum Gasteiger partial charge on any atom is -0.465 e. The highest BCUT2D eigenvalue weighted by atomic mass is 32.1. The van der Waals surface area contributed by atoms with Crippen molar-refractivity contribution in [3.63, 3.8) is 0 Å². The molecule has 1 aromatic heterocycles. The molecule has 2 rings (SSSR count). The monoisotopic (exact) mass is 268 g/mol. The van der Waals surface area contributed by atoms with E-state index in [1.165, 1.54) is 13.2 Å². The van der Waals surface area contributed by atoms with E-state index in [1.54, 1.807) is 30.3 Å². The van der Waals surface area contributed by atoms with Crippen molar-refractivity contribution in [2.24, 2.45) is 0 Å². The van der Waals surface area contributed by atoms with Crippen molar-refractivity contribution < 1.29 is 18.3 Å². The van der Waals surface area contributed by atoms with Gasteiger partial charge in [-0.15, -0.1) is 11.3 Å². The molecule has 0 fully saturated rings. The Hall–Kier alpha value is -1.75. The molecule has 0 aliphatic carbocycles. The van der Waals surface area contributed by atoms with Gasteiger partial charge in [0, 0.05) is 4.88 Å². The van der Waals surface area contributed by atoms with E-state index in [0.717, 1.165) is 21.8 Å². The molecule has 18 heavy (non-hydrogen) atoms. The van der Waals surface area contributed by atoms with Gasteiger partial charge >= 0.3 is 5.97 Å². The fourth-order valence-corrected chi connectivity index (χ4v) is 2.38. The number of thiophene rings is 1. The van der Waals surface area contributed by atoms with Crippen molar-refractivity contribution in [3.05, 3.63) is 46.8 Å². The Morgan fingerprint density at radius 3 is 2.33 bits per heavy atom. The highest BCUT2D eigenvalue weighted by Crippen LogP contribution is 2.33. The highest BCUT2D eigenvalue weighted by molar-refractivity contribution is 7.15. The fourth-order valence-electron chi connectivity index (χ4n) is 1.51. The summed E-state index contributed by atoms with van der Waals surface area (Å²) in [7, 11) is 1.31. The summed E-state index contributed by atoms with van der Waals surface area (Å²) in [6.07, 6.45) is -2.45. The second-order valence-electron chi connectivity index (χ2n) is 3.57. The molecule has 0 saturated heterocycles. The van der Waals surface area contributed by atoms with Crippen LogP contribution in [-0.4, -0.2) is 13.1 Å². The van der Waals surface area contributed by atoms with Gasteiger partial charge in [0.25, 0.3) is 6.43 Å². The van der Waals surface area contributed by atoms with E-state index in [0.29, 0.717) is 5.56 Å². The second kappa shape index (κ2) is 5.27. The minimum absolute atomic E-state index is 0.0436. The van der Waals surface area contributed by atoms with Crippen LogP contribution in [0.1, 0.15) is 21.7 Å². The molecule has 2 aromatic rings. The van der Waals surface area contributed by atoms with E-state index < -0.39 is 12.4 Å². The Morgan fingerprint density at radius 1 is 1.17 bits per heavy atom. The zero-order chi connectivity index (χ0) is 13.1. The maximum Gasteiger partial charge on any atom is 0.337 e. The molecule has 0 atom stereocenters. The van der Waals surface area contributed by atoms with Crippen molar-refractivity contribution in [2.75, 3.05) is 7.11 Å². The van der Waals surface area contributed by atoms with E-state index in [2.05, 4.69) is 4.74 Å². The molecule has 5 heteroatoms. The summed E-state index contributed by atoms with van der Waals surface area (Å²) < 4.78 is 29.5. The molecule has 0 unspecified atom stereocenters. The molecule has 0 bridgehead atoms. The summed E-state index contributed by atoms with van der Waals surface area (Å²) in [4.78, 5) is 12.0. The second-order valence-corrected chi connectivity index (χ2v) is 4.69. The van der Waals surface area contributed by atoms with E-state index in [9.17, 15) is 13.6 Å². The van der Waals surface area contributed by atoms with Gasteiger partial charge in [-0.3, -0.25) is 0 Å². The van der Waals surface area contributed by atoms with Gasteiger partial charge in [-0.25, -0.2) is 13.6 Å². The van der Waals surface area contributed by atoms with Crippen LogP contribution in [0.5, 0.6) is 0 Å². The molecular formula is C13H10F2O2S. The lowest BCUT2D eigenvalue weighted by Crippen LogP contribution is -2.00. The first kappa shape index (κ1) is 12.7. The Balaban J connectivity index is 2.25. The topological polar surface area (TPSA) is 26.3 Å². The number of ether oxygens (including phenoxy) is 1. The standard InChI is InChI=1S/C13H10F2O2S/c1-17-13(16)9-4-2-8(3-5-9)10-6-7-11(18-10)12(14)15/h2-7,12H,1H3. The number of esters is 1. The summed E-state index contributed by atoms with van der Waals surface area (Å²) in [5.74, 6) is -0.416. The molecule has 94 valence electrons. The van der Waals surface area contributed by atoms with E-state index in [-0.39, 0.29) is 4.88 Å². The predicted octanol–water partition coefficient (Wildman–Crippen LogP) is 4.14. The highest BCUT2D eigenvalue weighted by Gasteiger charge is 2.11. The van der Waals surface area contributed by atoms with E-state index >= 15 is 0 Å². The zero-order valence-electron chi connectivity index (χ0n) is 9.52. The third-order valence-electron chi connectivity index (χ3n) is 2.43. The van der Waals surface area contributed by atoms with Crippen LogP contribution in [0.25, 0.3) is 10.4 Å². The molecule has 0 aliphatic heterocycles. The van der Waals surface area contributed by atoms with Crippen LogP contribution >= 0.6 is 11.3 Å². The van der Waals surface area contributed by atoms with Crippen molar-refractivity contribution in [1.82, 2.24) is 0 Å². The van der Waals surface area contributed by atoms with Gasteiger partial charge < -0.3 is 4.74 Å². The first-order valence-electron chi connectivity index (χ1n) is 5.18. The van der Waals surface area contributed by atoms with Crippen molar-refractivity contribution in [2.45, 2.75) is 6.43 Å². The van der Waals surface area contributed by atoms with Gasteiger partial charge in [-0.2, -0.15) is 0 Å². The molecule has 2 nitrogen and oxygen atoms in total. The number of rotatable bonds is 3. The number of halogens is 2. The van der Waals surface area contributed by atoms with Gasteiger partial charge in [-0.1, -0.05) is 12.1 Å². The third kappa shape index (κ3) is 2.56. The normalized spacial score (nSPS) is 10.7. The summed E-state index contributed by atoms with van der Waals surface area (Å²) >= 11 is 1.05. The molecule has 1 heterocycles. The average Bonchev–Trinajstić information content (AvgIpc) is 2.88. The molecule has 1 aromatic carbocycles. The van der Waals surface area contributed by atoms with Crippen LogP contribution in [0, 0.1) is 0 Å². The molecule has 0 amide bonds. The van der Waals surface area contributed by atoms with E-state index in [4.69, 9.17) is 0 Å². The van der Waals surface area contributed by atoms with Crippen LogP contribution in [0.4, 0.5) is 8.78 Å². The predicted molar refractivity (Wildman–Crippen MR) is 66.1 cm³/mol. The SMILES string of the molecule is COC(=O)c1ccc(-c2ccc(C(F)F)s2)cc1. The molecular weight excluding hydrogens is 258 g/mol. The van der Waals surface area contributed by atoms with Gasteiger partial charge in [0.2, 0.25) is 0 Å². The molecule has 0 radical (unpaired) electrons. The van der Waals surface area contributed by atoms with Gasteiger partial charge in [0.15, 0.2) is 0 Å².